The molecule has 3 rings (SSSR count). The van der Waals surface area contributed by atoms with Crippen molar-refractivity contribution in [2.75, 3.05) is 0 Å². The zero-order chi connectivity index (χ0) is 28.3. The summed E-state index contributed by atoms with van der Waals surface area (Å²) in [6.45, 7) is 9.69. The first-order valence-electron chi connectivity index (χ1n) is 11.8. The quantitative estimate of drug-likeness (QED) is 0.262. The summed E-state index contributed by atoms with van der Waals surface area (Å²) in [7, 11) is 0. The molecule has 1 heterocycles. The highest BCUT2D eigenvalue weighted by atomic mass is 32.2. The molecule has 0 aliphatic rings. The largest absolute Gasteiger partial charge is 0.480 e. The maximum atomic E-state index is 13.7. The number of aromatic nitrogens is 3. The van der Waals surface area contributed by atoms with E-state index in [1.54, 1.807) is 0 Å². The molecule has 204 valence electrons. The van der Waals surface area contributed by atoms with Gasteiger partial charge in [-0.1, -0.05) is 50.3 Å². The molecule has 7 nitrogen and oxygen atoms in total. The van der Waals surface area contributed by atoms with E-state index in [1.807, 2.05) is 24.3 Å². The van der Waals surface area contributed by atoms with Crippen LogP contribution in [0.15, 0.2) is 59.6 Å². The second-order valence-electron chi connectivity index (χ2n) is 10.4. The molecule has 0 bridgehead atoms. The summed E-state index contributed by atoms with van der Waals surface area (Å²) < 4.78 is 46.2. The van der Waals surface area contributed by atoms with Crippen LogP contribution in [0.4, 0.5) is 13.2 Å². The van der Waals surface area contributed by atoms with Crippen LogP contribution in [0.2, 0.25) is 0 Å². The fourth-order valence-electron chi connectivity index (χ4n) is 3.42. The van der Waals surface area contributed by atoms with E-state index in [1.165, 1.54) is 49.0 Å². The summed E-state index contributed by atoms with van der Waals surface area (Å²) in [4.78, 5) is 24.3. The number of carbonyl (C=O) groups excluding carboxylic acids is 1. The molecule has 1 unspecified atom stereocenters. The Labute approximate surface area is 223 Å². The summed E-state index contributed by atoms with van der Waals surface area (Å²) in [5, 5.41) is 17.0. The van der Waals surface area contributed by atoms with Crippen molar-refractivity contribution in [2.45, 2.75) is 74.9 Å². The van der Waals surface area contributed by atoms with Crippen LogP contribution >= 0.6 is 11.8 Å². The molecule has 0 amide bonds. The summed E-state index contributed by atoms with van der Waals surface area (Å²) in [5.74, 6) is -2.16. The third-order valence-electron chi connectivity index (χ3n) is 5.74. The number of benzene rings is 2. The van der Waals surface area contributed by atoms with Crippen molar-refractivity contribution in [3.05, 3.63) is 77.1 Å². The van der Waals surface area contributed by atoms with Crippen molar-refractivity contribution in [3.63, 3.8) is 0 Å². The van der Waals surface area contributed by atoms with Gasteiger partial charge in [-0.05, 0) is 54.7 Å². The smallest absolute Gasteiger partial charge is 0.425 e. The van der Waals surface area contributed by atoms with Gasteiger partial charge in [0.25, 0.3) is 0 Å². The van der Waals surface area contributed by atoms with Crippen LogP contribution in [0.1, 0.15) is 61.8 Å². The van der Waals surface area contributed by atoms with Crippen LogP contribution in [0.5, 0.6) is 0 Å². The van der Waals surface area contributed by atoms with Gasteiger partial charge in [0.1, 0.15) is 4.75 Å². The van der Waals surface area contributed by atoms with E-state index in [4.69, 9.17) is 4.74 Å². The van der Waals surface area contributed by atoms with E-state index in [0.717, 1.165) is 22.9 Å². The summed E-state index contributed by atoms with van der Waals surface area (Å²) in [6, 6.07) is 13.4. The van der Waals surface area contributed by atoms with Gasteiger partial charge in [0.15, 0.2) is 0 Å². The highest BCUT2D eigenvalue weighted by Crippen LogP contribution is 2.33. The number of carboxylic acid groups (broad SMARTS) is 1. The van der Waals surface area contributed by atoms with Crippen LogP contribution in [-0.2, 0) is 27.9 Å². The zero-order valence-corrected chi connectivity index (χ0v) is 22.6. The molecule has 0 saturated carbocycles. The highest BCUT2D eigenvalue weighted by Gasteiger charge is 2.43. The summed E-state index contributed by atoms with van der Waals surface area (Å²) in [6.07, 6.45) is -6.51. The predicted octanol–water partition coefficient (Wildman–Crippen LogP) is 5.91. The van der Waals surface area contributed by atoms with Gasteiger partial charge >= 0.3 is 18.1 Å². The maximum absolute atomic E-state index is 13.7. The molecule has 11 heteroatoms. The minimum Gasteiger partial charge on any atom is -0.480 e. The number of aliphatic carboxylic acids is 1. The predicted molar refractivity (Wildman–Crippen MR) is 137 cm³/mol. The molecule has 1 N–H and O–H groups in total. The molecule has 1 atom stereocenters. The van der Waals surface area contributed by atoms with Gasteiger partial charge in [0, 0.05) is 17.5 Å². The first-order chi connectivity index (χ1) is 17.5. The molecule has 0 radical (unpaired) electrons. The van der Waals surface area contributed by atoms with Gasteiger partial charge in [-0.2, -0.15) is 13.2 Å². The number of hydrogen-bond acceptors (Lipinski definition) is 6. The van der Waals surface area contributed by atoms with E-state index < -0.39 is 35.4 Å². The number of esters is 1. The van der Waals surface area contributed by atoms with E-state index in [0.29, 0.717) is 11.4 Å². The topological polar surface area (TPSA) is 94.3 Å². The van der Waals surface area contributed by atoms with E-state index >= 15 is 0 Å². The van der Waals surface area contributed by atoms with Crippen LogP contribution in [0.3, 0.4) is 0 Å². The molecular weight excluding hydrogens is 519 g/mol. The number of alkyl halides is 3. The Kier molecular flexibility index (Phi) is 8.60. The van der Waals surface area contributed by atoms with E-state index in [9.17, 15) is 27.9 Å². The fourth-order valence-corrected chi connectivity index (χ4v) is 4.36. The molecule has 0 spiro atoms. The van der Waals surface area contributed by atoms with Crippen molar-refractivity contribution in [1.29, 1.82) is 0 Å². The molecule has 0 aliphatic heterocycles. The molecular formula is C27H30F3N3O4S. The molecule has 2 aromatic carbocycles. The Morgan fingerprint density at radius 2 is 1.61 bits per heavy atom. The summed E-state index contributed by atoms with van der Waals surface area (Å²) in [5.41, 5.74) is 2.03. The second kappa shape index (κ2) is 11.2. The van der Waals surface area contributed by atoms with Gasteiger partial charge in [-0.15, -0.1) is 16.9 Å². The summed E-state index contributed by atoms with van der Waals surface area (Å²) >= 11 is 1.05. The third kappa shape index (κ3) is 7.83. The number of carboxylic acids is 1. The van der Waals surface area contributed by atoms with Gasteiger partial charge in [-0.25, -0.2) is 9.48 Å². The Morgan fingerprint density at radius 1 is 1.00 bits per heavy atom. The Hall–Kier alpha value is -3.34. The number of hydrogen-bond donors (Lipinski definition) is 1. The number of ether oxygens (including phenoxy) is 1. The SMILES string of the molecule is CC(C)(Sc1ccc(C(=O)OC(Cc2cn(Cc3ccc(C(C)(C)C)cc3)nn2)C(F)(F)F)cc1)C(=O)O. The van der Waals surface area contributed by atoms with E-state index in [2.05, 4.69) is 31.1 Å². The highest BCUT2D eigenvalue weighted by molar-refractivity contribution is 8.01. The normalized spacial score (nSPS) is 13.3. The number of halogens is 3. The first kappa shape index (κ1) is 29.2. The third-order valence-corrected chi connectivity index (χ3v) is 6.93. The molecule has 0 saturated heterocycles. The lowest BCUT2D eigenvalue weighted by Crippen LogP contribution is -2.36. The average Bonchev–Trinajstić information content (AvgIpc) is 3.24. The second-order valence-corrected chi connectivity index (χ2v) is 12.1. The van der Waals surface area contributed by atoms with Crippen molar-refractivity contribution in [2.24, 2.45) is 0 Å². The number of rotatable bonds is 9. The van der Waals surface area contributed by atoms with E-state index in [-0.39, 0.29) is 16.7 Å². The maximum Gasteiger partial charge on any atom is 0.425 e. The lowest BCUT2D eigenvalue weighted by molar-refractivity contribution is -0.204. The Morgan fingerprint density at radius 3 is 2.13 bits per heavy atom. The van der Waals surface area contributed by atoms with Crippen molar-refractivity contribution >= 4 is 23.7 Å². The standard InChI is InChI=1S/C27H30F3N3O4S/c1-25(2,3)19-10-6-17(7-11-19)15-33-16-20(31-32-33)14-22(27(28,29)30)37-23(34)18-8-12-21(13-9-18)38-26(4,5)24(35)36/h6-13,16,22H,14-15H2,1-5H3,(H,35,36). The molecule has 0 aliphatic carbocycles. The van der Waals surface area contributed by atoms with Crippen molar-refractivity contribution in [1.82, 2.24) is 15.0 Å². The fraction of sp³-hybridized carbons (Fsp3) is 0.407. The molecule has 1 aromatic heterocycles. The molecule has 0 fully saturated rings. The van der Waals surface area contributed by atoms with Gasteiger partial charge in [0.2, 0.25) is 6.10 Å². The van der Waals surface area contributed by atoms with Gasteiger partial charge in [-0.3, -0.25) is 4.79 Å². The molecule has 3 aromatic rings. The number of nitrogens with zero attached hydrogens (tertiary/aromatic N) is 3. The minimum atomic E-state index is -4.82. The minimum absolute atomic E-state index is 0.00125. The lowest BCUT2D eigenvalue weighted by Gasteiger charge is -2.20. The van der Waals surface area contributed by atoms with Gasteiger partial charge < -0.3 is 9.84 Å². The van der Waals surface area contributed by atoms with Crippen molar-refractivity contribution < 1.29 is 32.6 Å². The van der Waals surface area contributed by atoms with Crippen LogP contribution in [0.25, 0.3) is 0 Å². The zero-order valence-electron chi connectivity index (χ0n) is 21.7. The monoisotopic (exact) mass is 549 g/mol. The van der Waals surface area contributed by atoms with Crippen molar-refractivity contribution in [3.8, 4) is 0 Å². The van der Waals surface area contributed by atoms with Crippen LogP contribution < -0.4 is 0 Å². The average molecular weight is 550 g/mol. The van der Waals surface area contributed by atoms with Gasteiger partial charge in [0.05, 0.1) is 17.8 Å². The number of thioether (sulfide) groups is 1. The Bertz CT molecular complexity index is 1260. The van der Waals surface area contributed by atoms with Crippen LogP contribution in [-0.4, -0.2) is 49.1 Å². The Balaban J connectivity index is 1.66. The molecule has 38 heavy (non-hydrogen) atoms. The lowest BCUT2D eigenvalue weighted by atomic mass is 9.87. The van der Waals surface area contributed by atoms with Crippen LogP contribution in [0, 0.1) is 0 Å². The first-order valence-corrected chi connectivity index (χ1v) is 12.6. The number of carbonyl (C=O) groups is 2.